The van der Waals surface area contributed by atoms with Crippen molar-refractivity contribution in [3.05, 3.63) is 90.6 Å². The Morgan fingerprint density at radius 1 is 0.903 bits per heavy atom. The molecule has 0 aliphatic rings. The summed E-state index contributed by atoms with van der Waals surface area (Å²) < 4.78 is 5.76. The van der Waals surface area contributed by atoms with E-state index in [9.17, 15) is 9.59 Å². The van der Waals surface area contributed by atoms with Crippen molar-refractivity contribution in [1.82, 2.24) is 10.3 Å². The number of amides is 3. The van der Waals surface area contributed by atoms with Crippen LogP contribution in [0.5, 0.6) is 11.5 Å². The number of rotatable bonds is 7. The van der Waals surface area contributed by atoms with Gasteiger partial charge in [0.05, 0.1) is 0 Å². The Bertz CT molecular complexity index is 1190. The maximum absolute atomic E-state index is 12.9. The van der Waals surface area contributed by atoms with Gasteiger partial charge in [-0.2, -0.15) is 0 Å². The van der Waals surface area contributed by atoms with E-state index >= 15 is 0 Å². The summed E-state index contributed by atoms with van der Waals surface area (Å²) in [5.74, 6) is 1.01. The normalized spacial score (nSPS) is 11.6. The fourth-order valence-electron chi connectivity index (χ4n) is 3.36. The minimum atomic E-state index is -0.822. The Balaban J connectivity index is 1.45. The van der Waals surface area contributed by atoms with E-state index in [0.717, 1.165) is 22.2 Å². The quantitative estimate of drug-likeness (QED) is 0.364. The summed E-state index contributed by atoms with van der Waals surface area (Å²) in [5, 5.41) is 6.35. The highest BCUT2D eigenvalue weighted by Gasteiger charge is 2.22. The number of aromatic nitrogens is 1. The molecule has 0 spiro atoms. The van der Waals surface area contributed by atoms with Crippen molar-refractivity contribution in [2.24, 2.45) is 5.73 Å². The third kappa shape index (κ3) is 5.02. The molecule has 4 rings (SSSR count). The molecule has 3 amide bonds. The van der Waals surface area contributed by atoms with E-state index in [1.807, 2.05) is 60.8 Å². The van der Waals surface area contributed by atoms with Gasteiger partial charge in [-0.15, -0.1) is 0 Å². The number of hydrogen-bond acceptors (Lipinski definition) is 3. The molecule has 0 saturated heterocycles. The topological polar surface area (TPSA) is 109 Å². The van der Waals surface area contributed by atoms with Crippen molar-refractivity contribution in [3.8, 4) is 11.5 Å². The number of H-pyrrole nitrogens is 1. The number of aromatic amines is 1. The van der Waals surface area contributed by atoms with Crippen LogP contribution in [0.15, 0.2) is 85.1 Å². The molecule has 0 saturated carbocycles. The first-order chi connectivity index (χ1) is 15.1. The van der Waals surface area contributed by atoms with Crippen LogP contribution < -0.4 is 21.1 Å². The first kappa shape index (κ1) is 20.0. The van der Waals surface area contributed by atoms with E-state index in [0.29, 0.717) is 17.9 Å². The summed E-state index contributed by atoms with van der Waals surface area (Å²) >= 11 is 0. The molecule has 0 aliphatic heterocycles. The summed E-state index contributed by atoms with van der Waals surface area (Å²) in [6, 6.07) is 22.6. The summed E-state index contributed by atoms with van der Waals surface area (Å²) in [4.78, 5) is 27.5. The van der Waals surface area contributed by atoms with Crippen LogP contribution in [0.25, 0.3) is 10.9 Å². The largest absolute Gasteiger partial charge is 0.457 e. The van der Waals surface area contributed by atoms with Crippen molar-refractivity contribution in [2.75, 3.05) is 5.32 Å². The molecular formula is C24H22N4O3. The van der Waals surface area contributed by atoms with Crippen LogP contribution in [0.3, 0.4) is 0 Å². The van der Waals surface area contributed by atoms with Crippen LogP contribution in [0.2, 0.25) is 0 Å². The van der Waals surface area contributed by atoms with Gasteiger partial charge in [0.1, 0.15) is 17.5 Å². The summed E-state index contributed by atoms with van der Waals surface area (Å²) in [5.41, 5.74) is 7.76. The number of anilines is 1. The summed E-state index contributed by atoms with van der Waals surface area (Å²) in [6.07, 6.45) is 2.14. The number of para-hydroxylation sites is 2. The van der Waals surface area contributed by atoms with Crippen LogP contribution in [-0.2, 0) is 11.2 Å². The van der Waals surface area contributed by atoms with Crippen molar-refractivity contribution >= 4 is 28.5 Å². The fourth-order valence-corrected chi connectivity index (χ4v) is 3.36. The summed E-state index contributed by atoms with van der Waals surface area (Å²) in [6.45, 7) is 0. The van der Waals surface area contributed by atoms with Gasteiger partial charge in [0.15, 0.2) is 0 Å². The van der Waals surface area contributed by atoms with Gasteiger partial charge < -0.3 is 26.1 Å². The number of carbonyl (C=O) groups is 2. The van der Waals surface area contributed by atoms with Gasteiger partial charge in [0, 0.05) is 29.2 Å². The Hall–Kier alpha value is -4.26. The van der Waals surface area contributed by atoms with Gasteiger partial charge >= 0.3 is 6.03 Å². The number of carbonyl (C=O) groups excluding carboxylic acids is 2. The Kier molecular flexibility index (Phi) is 5.84. The number of ether oxygens (including phenoxy) is 1. The van der Waals surface area contributed by atoms with Crippen molar-refractivity contribution < 1.29 is 14.3 Å². The van der Waals surface area contributed by atoms with Gasteiger partial charge in [-0.1, -0.05) is 36.4 Å². The Morgan fingerprint density at radius 2 is 1.58 bits per heavy atom. The number of primary amides is 1. The van der Waals surface area contributed by atoms with Crippen molar-refractivity contribution in [3.63, 3.8) is 0 Å². The second kappa shape index (κ2) is 9.04. The first-order valence-corrected chi connectivity index (χ1v) is 9.83. The Morgan fingerprint density at radius 3 is 2.32 bits per heavy atom. The maximum Gasteiger partial charge on any atom is 0.312 e. The van der Waals surface area contributed by atoms with E-state index in [4.69, 9.17) is 10.5 Å². The van der Waals surface area contributed by atoms with Crippen LogP contribution >= 0.6 is 0 Å². The molecule has 1 heterocycles. The summed E-state index contributed by atoms with van der Waals surface area (Å²) in [7, 11) is 0. The van der Waals surface area contributed by atoms with Crippen LogP contribution in [0, 0.1) is 0 Å². The lowest BCUT2D eigenvalue weighted by Crippen LogP contribution is -2.47. The van der Waals surface area contributed by atoms with Gasteiger partial charge in [-0.05, 0) is 48.0 Å². The van der Waals surface area contributed by atoms with E-state index in [2.05, 4.69) is 15.6 Å². The maximum atomic E-state index is 12.9. The molecule has 5 N–H and O–H groups in total. The predicted molar refractivity (Wildman–Crippen MR) is 120 cm³/mol. The molecule has 7 heteroatoms. The van der Waals surface area contributed by atoms with Crippen LogP contribution in [0.4, 0.5) is 10.5 Å². The van der Waals surface area contributed by atoms with Gasteiger partial charge in [0.25, 0.3) is 0 Å². The molecular weight excluding hydrogens is 392 g/mol. The van der Waals surface area contributed by atoms with Crippen LogP contribution in [-0.4, -0.2) is 23.0 Å². The molecule has 1 aromatic heterocycles. The molecule has 0 bridgehead atoms. The Labute approximate surface area is 179 Å². The lowest BCUT2D eigenvalue weighted by atomic mass is 10.0. The van der Waals surface area contributed by atoms with E-state index in [1.165, 1.54) is 0 Å². The van der Waals surface area contributed by atoms with Crippen molar-refractivity contribution in [2.45, 2.75) is 12.5 Å². The lowest BCUT2D eigenvalue weighted by molar-refractivity contribution is -0.117. The molecule has 7 nitrogen and oxygen atoms in total. The van der Waals surface area contributed by atoms with E-state index in [-0.39, 0.29) is 5.91 Å². The molecule has 31 heavy (non-hydrogen) atoms. The minimum Gasteiger partial charge on any atom is -0.457 e. The molecule has 0 aliphatic carbocycles. The zero-order chi connectivity index (χ0) is 21.6. The molecule has 1 atom stereocenters. The highest BCUT2D eigenvalue weighted by atomic mass is 16.5. The monoisotopic (exact) mass is 414 g/mol. The molecule has 0 unspecified atom stereocenters. The van der Waals surface area contributed by atoms with Gasteiger partial charge in [-0.3, -0.25) is 4.79 Å². The fraction of sp³-hybridized carbons (Fsp3) is 0.0833. The number of nitrogens with two attached hydrogens (primary N) is 1. The molecule has 0 fully saturated rings. The molecule has 4 aromatic rings. The average molecular weight is 414 g/mol. The standard InChI is InChI=1S/C24H22N4O3/c25-24(30)28-22(14-16-15-26-21-9-5-4-8-20(16)21)23(29)27-17-10-12-19(13-11-17)31-18-6-2-1-3-7-18/h1-13,15,22,26H,14H2,(H,27,29)(H3,25,28,30)/t22-/m1/s1. The van der Waals surface area contributed by atoms with Crippen LogP contribution in [0.1, 0.15) is 5.56 Å². The highest BCUT2D eigenvalue weighted by Crippen LogP contribution is 2.23. The molecule has 156 valence electrons. The van der Waals surface area contributed by atoms with E-state index in [1.54, 1.807) is 24.3 Å². The number of nitrogens with one attached hydrogen (secondary N) is 3. The zero-order valence-electron chi connectivity index (χ0n) is 16.7. The minimum absolute atomic E-state index is 0.300. The van der Waals surface area contributed by atoms with E-state index < -0.39 is 12.1 Å². The second-order valence-corrected chi connectivity index (χ2v) is 7.05. The van der Waals surface area contributed by atoms with Crippen molar-refractivity contribution in [1.29, 1.82) is 0 Å². The predicted octanol–water partition coefficient (Wildman–Crippen LogP) is 4.18. The highest BCUT2D eigenvalue weighted by molar-refractivity contribution is 5.97. The zero-order valence-corrected chi connectivity index (χ0v) is 16.7. The molecule has 3 aromatic carbocycles. The molecule has 0 radical (unpaired) electrons. The number of fused-ring (bicyclic) bond motifs is 1. The SMILES string of the molecule is NC(=O)N[C@H](Cc1c[nH]c2ccccc12)C(=O)Nc1ccc(Oc2ccccc2)cc1. The number of benzene rings is 3. The average Bonchev–Trinajstić information content (AvgIpc) is 3.18. The second-order valence-electron chi connectivity index (χ2n) is 7.05. The third-order valence-corrected chi connectivity index (χ3v) is 4.83. The first-order valence-electron chi connectivity index (χ1n) is 9.83. The van der Waals surface area contributed by atoms with Gasteiger partial charge in [-0.25, -0.2) is 4.79 Å². The number of hydrogen-bond donors (Lipinski definition) is 4. The third-order valence-electron chi connectivity index (χ3n) is 4.83. The smallest absolute Gasteiger partial charge is 0.312 e. The lowest BCUT2D eigenvalue weighted by Gasteiger charge is -2.17. The van der Waals surface area contributed by atoms with Gasteiger partial charge in [0.2, 0.25) is 5.91 Å². The number of urea groups is 1.